The molecule has 4 saturated heterocycles. The van der Waals surface area contributed by atoms with E-state index < -0.39 is 47.1 Å². The number of hydrogen-bond acceptors (Lipinski definition) is 11. The van der Waals surface area contributed by atoms with Crippen molar-refractivity contribution in [2.45, 2.75) is 88.0 Å². The number of likely N-dealkylation sites (tertiary alicyclic amines) is 1. The van der Waals surface area contributed by atoms with Gasteiger partial charge in [-0.3, -0.25) is 19.6 Å². The van der Waals surface area contributed by atoms with Crippen LogP contribution in [0, 0.1) is 11.6 Å². The number of halogens is 3. The van der Waals surface area contributed by atoms with Crippen molar-refractivity contribution in [3.05, 3.63) is 47.7 Å². The second-order valence-electron chi connectivity index (χ2n) is 17.4. The molecule has 1 N–H and O–H groups in total. The van der Waals surface area contributed by atoms with Crippen LogP contribution in [-0.4, -0.2) is 131 Å². The summed E-state index contributed by atoms with van der Waals surface area (Å²) in [5.74, 6) is -1.23. The Morgan fingerprint density at radius 2 is 1.90 bits per heavy atom. The lowest BCUT2D eigenvalue weighted by Crippen LogP contribution is -2.57. The number of nitrogens with zero attached hydrogens (tertiary/aromatic N) is 7. The van der Waals surface area contributed by atoms with E-state index in [1.165, 1.54) is 34.2 Å². The monoisotopic (exact) mass is 830 g/mol. The van der Waals surface area contributed by atoms with Crippen molar-refractivity contribution in [2.24, 2.45) is 0 Å². The first-order chi connectivity index (χ1) is 28.8. The molecule has 0 spiro atoms. The van der Waals surface area contributed by atoms with Gasteiger partial charge in [-0.15, -0.1) is 0 Å². The van der Waals surface area contributed by atoms with Gasteiger partial charge in [-0.25, -0.2) is 22.8 Å². The van der Waals surface area contributed by atoms with Gasteiger partial charge in [0.05, 0.1) is 23.1 Å². The Morgan fingerprint density at radius 1 is 1.07 bits per heavy atom. The van der Waals surface area contributed by atoms with E-state index in [0.29, 0.717) is 74.9 Å². The van der Waals surface area contributed by atoms with Crippen LogP contribution in [0.5, 0.6) is 11.8 Å². The normalized spacial score (nSPS) is 25.7. The summed E-state index contributed by atoms with van der Waals surface area (Å²) in [6.07, 6.45) is 3.89. The zero-order valence-corrected chi connectivity index (χ0v) is 34.1. The number of alkyl carbamates (subject to hydrolysis) is 1. The lowest BCUT2D eigenvalue weighted by atomic mass is 9.91. The average Bonchev–Trinajstić information content (AvgIpc) is 3.93. The molecule has 10 rings (SSSR count). The van der Waals surface area contributed by atoms with Gasteiger partial charge < -0.3 is 29.3 Å². The minimum absolute atomic E-state index is 0.0104. The fourth-order valence-corrected chi connectivity index (χ4v) is 10.1. The summed E-state index contributed by atoms with van der Waals surface area (Å²) < 4.78 is 66.2. The predicted octanol–water partition coefficient (Wildman–Crippen LogP) is 6.16. The van der Waals surface area contributed by atoms with Gasteiger partial charge in [-0.05, 0) is 99.4 Å². The number of fused-ring (bicyclic) bond motifs is 7. The van der Waals surface area contributed by atoms with Gasteiger partial charge in [-0.1, -0.05) is 6.07 Å². The van der Waals surface area contributed by atoms with E-state index in [2.05, 4.69) is 20.2 Å². The molecular formula is C43H49F3N8O6. The second-order valence-corrected chi connectivity index (χ2v) is 17.4. The van der Waals surface area contributed by atoms with E-state index in [1.807, 2.05) is 11.8 Å². The molecule has 318 valence electrons. The van der Waals surface area contributed by atoms with Crippen LogP contribution in [0.4, 0.5) is 28.6 Å². The summed E-state index contributed by atoms with van der Waals surface area (Å²) in [5.41, 5.74) is -1.17. The van der Waals surface area contributed by atoms with Crippen LogP contribution in [0.25, 0.3) is 32.9 Å². The molecule has 8 heterocycles. The van der Waals surface area contributed by atoms with Gasteiger partial charge in [0.1, 0.15) is 47.4 Å². The first-order valence-electron chi connectivity index (χ1n) is 20.8. The largest absolute Gasteiger partial charge is 0.461 e. The second kappa shape index (κ2) is 15.5. The minimum Gasteiger partial charge on any atom is -0.461 e. The number of nitrogens with one attached hydrogen (secondary N) is 1. The first-order valence-corrected chi connectivity index (χ1v) is 20.8. The van der Waals surface area contributed by atoms with Crippen molar-refractivity contribution in [2.75, 3.05) is 64.9 Å². The van der Waals surface area contributed by atoms with E-state index in [9.17, 15) is 18.8 Å². The number of rotatable bonds is 5. The van der Waals surface area contributed by atoms with Gasteiger partial charge >= 0.3 is 18.2 Å². The molecule has 0 radical (unpaired) electrons. The van der Waals surface area contributed by atoms with Crippen LogP contribution in [0.15, 0.2) is 30.5 Å². The number of piperidine rings is 1. The Labute approximate surface area is 345 Å². The van der Waals surface area contributed by atoms with Crippen LogP contribution in [-0.2, 0) is 16.0 Å². The highest BCUT2D eigenvalue weighted by atomic mass is 19.1. The number of hydrogen-bond donors (Lipinski definition) is 1. The van der Waals surface area contributed by atoms with Crippen LogP contribution in [0.3, 0.4) is 0 Å². The van der Waals surface area contributed by atoms with Crippen molar-refractivity contribution in [1.29, 1.82) is 0 Å². The van der Waals surface area contributed by atoms with Crippen molar-refractivity contribution in [3.63, 3.8) is 0 Å². The number of carbonyl (C=O) groups is 3. The number of aryl methyl sites for hydroxylation is 1. The van der Waals surface area contributed by atoms with E-state index in [1.54, 1.807) is 20.2 Å². The van der Waals surface area contributed by atoms with Crippen molar-refractivity contribution >= 4 is 45.6 Å². The third kappa shape index (κ3) is 7.27. The number of ether oxygens (including phenoxy) is 3. The number of aromatic nitrogens is 3. The molecule has 2 aromatic carbocycles. The molecule has 3 amide bonds. The molecular weight excluding hydrogens is 782 g/mol. The molecule has 17 heteroatoms. The molecule has 60 heavy (non-hydrogen) atoms. The molecule has 4 fully saturated rings. The number of amides is 3. The summed E-state index contributed by atoms with van der Waals surface area (Å²) in [6, 6.07) is 5.04. The number of benzene rings is 2. The zero-order chi connectivity index (χ0) is 41.9. The predicted molar refractivity (Wildman–Crippen MR) is 216 cm³/mol. The van der Waals surface area contributed by atoms with E-state index in [4.69, 9.17) is 19.2 Å². The first kappa shape index (κ1) is 40.0. The highest BCUT2D eigenvalue weighted by Gasteiger charge is 2.49. The zero-order valence-electron chi connectivity index (χ0n) is 34.1. The Balaban J connectivity index is 1.19. The molecule has 1 unspecified atom stereocenters. The fraction of sp³-hybridized carbons (Fsp3) is 0.535. The highest BCUT2D eigenvalue weighted by molar-refractivity contribution is 6.02. The summed E-state index contributed by atoms with van der Waals surface area (Å²) in [5, 5.41) is 4.07. The van der Waals surface area contributed by atoms with Crippen molar-refractivity contribution in [3.8, 4) is 23.0 Å². The van der Waals surface area contributed by atoms with Gasteiger partial charge in [0.2, 0.25) is 5.91 Å². The lowest BCUT2D eigenvalue weighted by molar-refractivity contribution is -0.132. The van der Waals surface area contributed by atoms with E-state index >= 15 is 8.78 Å². The maximum Gasteiger partial charge on any atom is 0.415 e. The molecule has 0 aliphatic carbocycles. The SMILES string of the molecule is CN(C)C(=O)C1CCCN1C(=O)Oc1cc2c3c(c(F)ccc3c1)CCCOC(=O)N[C@]1(C)CCCN(C1)c1nc(OC[C@@]34CCCN3C[C@H](F)C4)nc3c(F)c-2ncc13. The Bertz CT molecular complexity index is 2390. The van der Waals surface area contributed by atoms with Crippen LogP contribution in [0.1, 0.15) is 63.9 Å². The number of anilines is 1. The quantitative estimate of drug-likeness (QED) is 0.247. The molecule has 2 aromatic heterocycles. The van der Waals surface area contributed by atoms with Gasteiger partial charge in [0, 0.05) is 58.5 Å². The third-order valence-electron chi connectivity index (χ3n) is 12.9. The Morgan fingerprint density at radius 3 is 2.73 bits per heavy atom. The maximum atomic E-state index is 17.6. The molecule has 6 aliphatic rings. The van der Waals surface area contributed by atoms with Gasteiger partial charge in [0.15, 0.2) is 5.82 Å². The fourth-order valence-electron chi connectivity index (χ4n) is 10.1. The summed E-state index contributed by atoms with van der Waals surface area (Å²) >= 11 is 0. The van der Waals surface area contributed by atoms with Crippen molar-refractivity contribution < 1.29 is 41.8 Å². The molecule has 6 bridgehead atoms. The summed E-state index contributed by atoms with van der Waals surface area (Å²) in [4.78, 5) is 60.8. The molecule has 4 aromatic rings. The lowest BCUT2D eigenvalue weighted by Gasteiger charge is -2.41. The Hall–Kier alpha value is -5.45. The number of alkyl halides is 1. The Kier molecular flexibility index (Phi) is 10.4. The van der Waals surface area contributed by atoms with Gasteiger partial charge in [0.25, 0.3) is 0 Å². The minimum atomic E-state index is -0.980. The smallest absolute Gasteiger partial charge is 0.415 e. The topological polar surface area (TPSA) is 143 Å². The maximum absolute atomic E-state index is 17.6. The third-order valence-corrected chi connectivity index (χ3v) is 12.9. The number of likely N-dealkylation sites (N-methyl/N-ethyl adjacent to an activating group) is 1. The highest BCUT2D eigenvalue weighted by Crippen LogP contribution is 2.43. The molecule has 6 aliphatic heterocycles. The molecule has 0 saturated carbocycles. The summed E-state index contributed by atoms with van der Waals surface area (Å²) in [6.45, 7) is 4.26. The van der Waals surface area contributed by atoms with Crippen LogP contribution >= 0.6 is 0 Å². The summed E-state index contributed by atoms with van der Waals surface area (Å²) in [7, 11) is 3.25. The van der Waals surface area contributed by atoms with Crippen LogP contribution < -0.4 is 19.7 Å². The molecule has 4 atom stereocenters. The number of pyridine rings is 1. The van der Waals surface area contributed by atoms with E-state index in [0.717, 1.165) is 19.4 Å². The van der Waals surface area contributed by atoms with Crippen LogP contribution in [0.2, 0.25) is 0 Å². The number of carbonyl (C=O) groups excluding carboxylic acids is 3. The molecule has 14 nitrogen and oxygen atoms in total. The average molecular weight is 831 g/mol. The van der Waals surface area contributed by atoms with E-state index in [-0.39, 0.29) is 71.4 Å². The van der Waals surface area contributed by atoms with Gasteiger partial charge in [-0.2, -0.15) is 9.97 Å². The van der Waals surface area contributed by atoms with Crippen molar-refractivity contribution in [1.82, 2.24) is 35.0 Å². The standard InChI is InChI=1S/C43H49F3N8O6/c1-42-12-6-14-52(23-42)37-30-21-47-35(34(46)36(30)48-39(49-37)59-24-43-13-7-15-53(43)22-26(44)20-43)29-19-27(60-41(57)54-16-4-9-32(54)38(55)51(2)3)18-25-10-11-31(45)28(33(25)29)8-5-17-58-40(56)50-42/h10-11,18-19,21,26,32H,4-9,12-17,20,22-24H2,1-3H3,(H,50,56)/t26-,32?,42-,43+/m1/s1.